The molecule has 6 nitrogen and oxygen atoms in total. The van der Waals surface area contributed by atoms with Crippen molar-refractivity contribution in [2.75, 3.05) is 30.4 Å². The number of thiazole rings is 1. The van der Waals surface area contributed by atoms with Crippen molar-refractivity contribution < 1.29 is 9.59 Å². The van der Waals surface area contributed by atoms with E-state index in [4.69, 9.17) is 11.6 Å². The first-order valence-corrected chi connectivity index (χ1v) is 9.12. The Morgan fingerprint density at radius 3 is 2.64 bits per heavy atom. The van der Waals surface area contributed by atoms with Gasteiger partial charge in [-0.1, -0.05) is 22.9 Å². The average Bonchev–Trinajstić information content (AvgIpc) is 2.98. The lowest BCUT2D eigenvalue weighted by Crippen LogP contribution is -2.57. The first-order chi connectivity index (χ1) is 11.9. The lowest BCUT2D eigenvalue weighted by Gasteiger charge is -2.39. The maximum absolute atomic E-state index is 12.9. The van der Waals surface area contributed by atoms with Crippen molar-refractivity contribution in [1.29, 1.82) is 0 Å². The van der Waals surface area contributed by atoms with E-state index in [1.165, 1.54) is 11.3 Å². The van der Waals surface area contributed by atoms with Crippen LogP contribution in [0.1, 0.15) is 22.3 Å². The number of hydrogen-bond donors (Lipinski definition) is 1. The summed E-state index contributed by atoms with van der Waals surface area (Å²) < 4.78 is 0. The largest absolute Gasteiger partial charge is 0.365 e. The lowest BCUT2D eigenvalue weighted by molar-refractivity contribution is -0.121. The normalized spacial score (nSPS) is 17.8. The number of amides is 2. The van der Waals surface area contributed by atoms with Crippen LogP contribution in [-0.2, 0) is 4.79 Å². The molecule has 0 saturated carbocycles. The number of hydrogen-bond acceptors (Lipinski definition) is 5. The Labute approximate surface area is 155 Å². The van der Waals surface area contributed by atoms with Gasteiger partial charge in [0.1, 0.15) is 11.4 Å². The van der Waals surface area contributed by atoms with Crippen molar-refractivity contribution in [2.24, 2.45) is 0 Å². The third kappa shape index (κ3) is 3.48. The van der Waals surface area contributed by atoms with Crippen LogP contribution in [0.15, 0.2) is 24.3 Å². The van der Waals surface area contributed by atoms with E-state index in [0.717, 1.165) is 5.69 Å². The SMILES string of the molecule is CNc1nc(C)c(C(=O)N2CC(=O)N(c3ccc(Cl)cc3)C[C@H]2C)s1. The molecule has 0 bridgehead atoms. The van der Waals surface area contributed by atoms with Crippen LogP contribution in [0.5, 0.6) is 0 Å². The van der Waals surface area contributed by atoms with Gasteiger partial charge in [-0.15, -0.1) is 0 Å². The van der Waals surface area contributed by atoms with Crippen LogP contribution in [0.3, 0.4) is 0 Å². The second-order valence-electron chi connectivity index (χ2n) is 5.95. The number of rotatable bonds is 3. The summed E-state index contributed by atoms with van der Waals surface area (Å²) >= 11 is 7.22. The third-order valence-electron chi connectivity index (χ3n) is 4.19. The van der Waals surface area contributed by atoms with E-state index < -0.39 is 0 Å². The molecule has 1 aliphatic rings. The molecule has 8 heteroatoms. The van der Waals surface area contributed by atoms with Gasteiger partial charge in [-0.05, 0) is 38.1 Å². The molecule has 2 heterocycles. The lowest BCUT2D eigenvalue weighted by atomic mass is 10.1. The molecule has 3 rings (SSSR count). The fourth-order valence-electron chi connectivity index (χ4n) is 2.83. The Balaban J connectivity index is 1.79. The number of aromatic nitrogens is 1. The van der Waals surface area contributed by atoms with E-state index in [-0.39, 0.29) is 24.4 Å². The van der Waals surface area contributed by atoms with E-state index in [0.29, 0.717) is 27.3 Å². The van der Waals surface area contributed by atoms with Crippen LogP contribution in [0.4, 0.5) is 10.8 Å². The second kappa shape index (κ2) is 7.01. The Morgan fingerprint density at radius 2 is 2.04 bits per heavy atom. The summed E-state index contributed by atoms with van der Waals surface area (Å²) in [5.41, 5.74) is 1.47. The highest BCUT2D eigenvalue weighted by molar-refractivity contribution is 7.17. The molecule has 0 spiro atoms. The Kier molecular flexibility index (Phi) is 4.96. The van der Waals surface area contributed by atoms with Gasteiger partial charge in [0.2, 0.25) is 5.91 Å². The molecule has 132 valence electrons. The zero-order valence-corrected chi connectivity index (χ0v) is 15.8. The Bertz CT molecular complexity index is 805. The molecule has 1 atom stereocenters. The molecular weight excluding hydrogens is 360 g/mol. The number of nitrogens with one attached hydrogen (secondary N) is 1. The maximum atomic E-state index is 12.9. The van der Waals surface area contributed by atoms with Crippen LogP contribution >= 0.6 is 22.9 Å². The standard InChI is InChI=1S/C17H19ClN4O2S/c1-10-8-22(13-6-4-12(18)5-7-13)14(23)9-21(10)16(24)15-11(2)20-17(19-3)25-15/h4-7,10H,8-9H2,1-3H3,(H,19,20)/t10-/m1/s1. The van der Waals surface area contributed by atoms with E-state index >= 15 is 0 Å². The minimum Gasteiger partial charge on any atom is -0.365 e. The van der Waals surface area contributed by atoms with Crippen molar-refractivity contribution in [1.82, 2.24) is 9.88 Å². The Morgan fingerprint density at radius 1 is 1.36 bits per heavy atom. The number of carbonyl (C=O) groups is 2. The van der Waals surface area contributed by atoms with E-state index in [2.05, 4.69) is 10.3 Å². The topological polar surface area (TPSA) is 65.5 Å². The molecule has 2 aromatic rings. The smallest absolute Gasteiger partial charge is 0.266 e. The summed E-state index contributed by atoms with van der Waals surface area (Å²) in [6, 6.07) is 7.05. The highest BCUT2D eigenvalue weighted by Gasteiger charge is 2.35. The highest BCUT2D eigenvalue weighted by atomic mass is 35.5. The molecule has 1 aromatic heterocycles. The monoisotopic (exact) mass is 378 g/mol. The molecule has 25 heavy (non-hydrogen) atoms. The van der Waals surface area contributed by atoms with E-state index in [1.54, 1.807) is 35.9 Å². The van der Waals surface area contributed by atoms with Crippen LogP contribution in [0.2, 0.25) is 5.02 Å². The van der Waals surface area contributed by atoms with Crippen molar-refractivity contribution in [2.45, 2.75) is 19.9 Å². The molecule has 1 saturated heterocycles. The minimum atomic E-state index is -0.145. The van der Waals surface area contributed by atoms with Crippen molar-refractivity contribution in [3.63, 3.8) is 0 Å². The van der Waals surface area contributed by atoms with Crippen LogP contribution in [0, 0.1) is 6.92 Å². The maximum Gasteiger partial charge on any atom is 0.266 e. The molecule has 1 N–H and O–H groups in total. The molecular formula is C17H19ClN4O2S. The number of nitrogens with zero attached hydrogens (tertiary/aromatic N) is 3. The van der Waals surface area contributed by atoms with Crippen LogP contribution in [-0.4, -0.2) is 47.9 Å². The molecule has 2 amide bonds. The number of carbonyl (C=O) groups excluding carboxylic acids is 2. The average molecular weight is 379 g/mol. The van der Waals surface area contributed by atoms with Gasteiger partial charge in [-0.3, -0.25) is 9.59 Å². The van der Waals surface area contributed by atoms with Gasteiger partial charge in [-0.2, -0.15) is 0 Å². The Hall–Kier alpha value is -2.12. The molecule has 0 unspecified atom stereocenters. The fourth-order valence-corrected chi connectivity index (χ4v) is 3.83. The third-order valence-corrected chi connectivity index (χ3v) is 5.60. The molecule has 1 aromatic carbocycles. The van der Waals surface area contributed by atoms with Gasteiger partial charge in [-0.25, -0.2) is 4.98 Å². The summed E-state index contributed by atoms with van der Waals surface area (Å²) in [7, 11) is 1.77. The minimum absolute atomic E-state index is 0.0504. The van der Waals surface area contributed by atoms with Gasteiger partial charge in [0.15, 0.2) is 5.13 Å². The molecule has 0 radical (unpaired) electrons. The zero-order valence-electron chi connectivity index (χ0n) is 14.2. The fraction of sp³-hybridized carbons (Fsp3) is 0.353. The quantitative estimate of drug-likeness (QED) is 0.891. The predicted molar refractivity (Wildman–Crippen MR) is 101 cm³/mol. The first-order valence-electron chi connectivity index (χ1n) is 7.92. The van der Waals surface area contributed by atoms with Gasteiger partial charge in [0, 0.05) is 30.3 Å². The number of benzene rings is 1. The van der Waals surface area contributed by atoms with E-state index in [1.807, 2.05) is 19.1 Å². The zero-order chi connectivity index (χ0) is 18.1. The van der Waals surface area contributed by atoms with Crippen molar-refractivity contribution in [3.05, 3.63) is 39.9 Å². The van der Waals surface area contributed by atoms with Gasteiger partial charge < -0.3 is 15.1 Å². The molecule has 0 aliphatic carbocycles. The highest BCUT2D eigenvalue weighted by Crippen LogP contribution is 2.27. The predicted octanol–water partition coefficient (Wildman–Crippen LogP) is 3.02. The number of halogens is 1. The number of aryl methyl sites for hydroxylation is 1. The first kappa shape index (κ1) is 17.7. The summed E-state index contributed by atoms with van der Waals surface area (Å²) in [4.78, 5) is 33.7. The number of piperazine rings is 1. The van der Waals surface area contributed by atoms with Gasteiger partial charge in [0.05, 0.1) is 5.69 Å². The molecule has 1 fully saturated rings. The van der Waals surface area contributed by atoms with Crippen molar-refractivity contribution >= 4 is 45.6 Å². The molecule has 1 aliphatic heterocycles. The van der Waals surface area contributed by atoms with Gasteiger partial charge >= 0.3 is 0 Å². The van der Waals surface area contributed by atoms with Crippen LogP contribution in [0.25, 0.3) is 0 Å². The number of anilines is 2. The second-order valence-corrected chi connectivity index (χ2v) is 7.38. The summed E-state index contributed by atoms with van der Waals surface area (Å²) in [5, 5.41) is 4.27. The van der Waals surface area contributed by atoms with E-state index in [9.17, 15) is 9.59 Å². The summed E-state index contributed by atoms with van der Waals surface area (Å²) in [6.07, 6.45) is 0. The summed E-state index contributed by atoms with van der Waals surface area (Å²) in [6.45, 7) is 4.25. The van der Waals surface area contributed by atoms with Gasteiger partial charge in [0.25, 0.3) is 5.91 Å². The summed E-state index contributed by atoms with van der Waals surface area (Å²) in [5.74, 6) is -0.252. The van der Waals surface area contributed by atoms with Crippen molar-refractivity contribution in [3.8, 4) is 0 Å². The van der Waals surface area contributed by atoms with Crippen LogP contribution < -0.4 is 10.2 Å².